The molecule has 2 aromatic heterocycles. The normalized spacial score (nSPS) is 12.5. The van der Waals surface area contributed by atoms with Crippen molar-refractivity contribution in [2.24, 2.45) is 0 Å². The molecule has 0 saturated carbocycles. The Morgan fingerprint density at radius 1 is 1.29 bits per heavy atom. The first kappa shape index (κ1) is 16.4. The standard InChI is InChI=1S/C17H17ClN2O4/c1-10-3-6-14(23-10)11(2)19-16(21)7-8-20-13-5-4-12(18)9-15(13)24-17(20)22/h3-6,9,11H,7-8H2,1-2H3,(H,19,21)/t11-/m0/s1. The number of aromatic nitrogens is 1. The van der Waals surface area contributed by atoms with Gasteiger partial charge < -0.3 is 14.2 Å². The molecule has 0 aliphatic heterocycles. The molecule has 1 N–H and O–H groups in total. The van der Waals surface area contributed by atoms with Crippen LogP contribution in [-0.4, -0.2) is 10.5 Å². The van der Waals surface area contributed by atoms with E-state index < -0.39 is 5.76 Å². The average molecular weight is 349 g/mol. The first-order chi connectivity index (χ1) is 11.4. The van der Waals surface area contributed by atoms with E-state index in [4.69, 9.17) is 20.4 Å². The van der Waals surface area contributed by atoms with E-state index in [0.29, 0.717) is 21.9 Å². The smallest absolute Gasteiger partial charge is 0.419 e. The lowest BCUT2D eigenvalue weighted by molar-refractivity contribution is -0.122. The van der Waals surface area contributed by atoms with Gasteiger partial charge in [-0.05, 0) is 38.1 Å². The Bertz CT molecular complexity index is 938. The molecule has 0 saturated heterocycles. The second-order valence-electron chi connectivity index (χ2n) is 5.62. The fraction of sp³-hybridized carbons (Fsp3) is 0.294. The van der Waals surface area contributed by atoms with Gasteiger partial charge in [0.1, 0.15) is 11.5 Å². The maximum atomic E-state index is 12.1. The number of hydrogen-bond donors (Lipinski definition) is 1. The van der Waals surface area contributed by atoms with Crippen molar-refractivity contribution in [1.29, 1.82) is 0 Å². The molecule has 7 heteroatoms. The van der Waals surface area contributed by atoms with E-state index in [-0.39, 0.29) is 24.9 Å². The summed E-state index contributed by atoms with van der Waals surface area (Å²) in [4.78, 5) is 24.0. The first-order valence-corrected chi connectivity index (χ1v) is 7.96. The first-order valence-electron chi connectivity index (χ1n) is 7.58. The van der Waals surface area contributed by atoms with Crippen LogP contribution < -0.4 is 11.1 Å². The summed E-state index contributed by atoms with van der Waals surface area (Å²) in [6, 6.07) is 8.41. The highest BCUT2D eigenvalue weighted by Gasteiger charge is 2.15. The van der Waals surface area contributed by atoms with Crippen molar-refractivity contribution in [3.63, 3.8) is 0 Å². The molecule has 1 amide bonds. The van der Waals surface area contributed by atoms with Crippen molar-refractivity contribution in [2.75, 3.05) is 0 Å². The summed E-state index contributed by atoms with van der Waals surface area (Å²) in [5.41, 5.74) is 1.03. The highest BCUT2D eigenvalue weighted by Crippen LogP contribution is 2.19. The van der Waals surface area contributed by atoms with Crippen LogP contribution in [0.1, 0.15) is 30.9 Å². The predicted molar refractivity (Wildman–Crippen MR) is 90.1 cm³/mol. The molecule has 0 bridgehead atoms. The van der Waals surface area contributed by atoms with Gasteiger partial charge in [0.2, 0.25) is 5.91 Å². The van der Waals surface area contributed by atoms with E-state index >= 15 is 0 Å². The molecule has 0 spiro atoms. The third kappa shape index (κ3) is 3.38. The summed E-state index contributed by atoms with van der Waals surface area (Å²) in [7, 11) is 0. The predicted octanol–water partition coefficient (Wildman–Crippen LogP) is 3.42. The summed E-state index contributed by atoms with van der Waals surface area (Å²) in [5.74, 6) is 0.809. The van der Waals surface area contributed by atoms with Crippen LogP contribution in [0.5, 0.6) is 0 Å². The van der Waals surface area contributed by atoms with Crippen molar-refractivity contribution in [1.82, 2.24) is 9.88 Å². The SMILES string of the molecule is Cc1ccc([C@H](C)NC(=O)CCn2c(=O)oc3cc(Cl)ccc32)o1. The number of amides is 1. The Balaban J connectivity index is 1.66. The molecule has 0 aliphatic carbocycles. The van der Waals surface area contributed by atoms with Crippen molar-refractivity contribution < 1.29 is 13.6 Å². The molecular weight excluding hydrogens is 332 g/mol. The van der Waals surface area contributed by atoms with Gasteiger partial charge in [0.25, 0.3) is 0 Å². The number of hydrogen-bond acceptors (Lipinski definition) is 4. The second kappa shape index (κ2) is 6.57. The minimum atomic E-state index is -0.505. The fourth-order valence-electron chi connectivity index (χ4n) is 2.54. The monoisotopic (exact) mass is 348 g/mol. The van der Waals surface area contributed by atoms with E-state index in [1.54, 1.807) is 18.2 Å². The number of fused-ring (bicyclic) bond motifs is 1. The summed E-state index contributed by atoms with van der Waals surface area (Å²) in [5, 5.41) is 3.34. The van der Waals surface area contributed by atoms with Crippen LogP contribution in [-0.2, 0) is 11.3 Å². The Hall–Kier alpha value is -2.47. The largest absolute Gasteiger partial charge is 0.464 e. The van der Waals surface area contributed by atoms with Crippen LogP contribution in [0.2, 0.25) is 5.02 Å². The zero-order valence-electron chi connectivity index (χ0n) is 13.3. The molecular formula is C17H17ClN2O4. The highest BCUT2D eigenvalue weighted by atomic mass is 35.5. The van der Waals surface area contributed by atoms with Gasteiger partial charge in [-0.1, -0.05) is 11.6 Å². The summed E-state index contributed by atoms with van der Waals surface area (Å²) in [6.07, 6.45) is 0.154. The van der Waals surface area contributed by atoms with Crippen molar-refractivity contribution in [3.8, 4) is 0 Å². The van der Waals surface area contributed by atoms with Crippen LogP contribution >= 0.6 is 11.6 Å². The van der Waals surface area contributed by atoms with Gasteiger partial charge in [-0.3, -0.25) is 9.36 Å². The molecule has 0 unspecified atom stereocenters. The third-order valence-electron chi connectivity index (χ3n) is 3.76. The number of benzene rings is 1. The van der Waals surface area contributed by atoms with Crippen molar-refractivity contribution >= 4 is 28.6 Å². The number of halogens is 1. The third-order valence-corrected chi connectivity index (χ3v) is 3.99. The molecule has 0 radical (unpaired) electrons. The molecule has 3 aromatic rings. The van der Waals surface area contributed by atoms with Crippen LogP contribution in [0.4, 0.5) is 0 Å². The molecule has 0 fully saturated rings. The number of furan rings is 1. The van der Waals surface area contributed by atoms with E-state index in [2.05, 4.69) is 5.32 Å². The van der Waals surface area contributed by atoms with Crippen molar-refractivity contribution in [2.45, 2.75) is 32.9 Å². The van der Waals surface area contributed by atoms with E-state index in [0.717, 1.165) is 5.76 Å². The Labute approximate surface area is 143 Å². The van der Waals surface area contributed by atoms with Crippen LogP contribution in [0.15, 0.2) is 44.0 Å². The van der Waals surface area contributed by atoms with Gasteiger partial charge >= 0.3 is 5.76 Å². The van der Waals surface area contributed by atoms with Crippen LogP contribution in [0.3, 0.4) is 0 Å². The number of nitrogens with one attached hydrogen (secondary N) is 1. The molecule has 6 nitrogen and oxygen atoms in total. The zero-order chi connectivity index (χ0) is 17.3. The minimum absolute atomic E-state index is 0.154. The maximum absolute atomic E-state index is 12.1. The Morgan fingerprint density at radius 2 is 2.08 bits per heavy atom. The lowest BCUT2D eigenvalue weighted by atomic mass is 10.2. The van der Waals surface area contributed by atoms with E-state index in [1.807, 2.05) is 26.0 Å². The van der Waals surface area contributed by atoms with Gasteiger partial charge in [0.05, 0.1) is 11.6 Å². The lowest BCUT2D eigenvalue weighted by Crippen LogP contribution is -2.28. The molecule has 1 atom stereocenters. The average Bonchev–Trinajstić information content (AvgIpc) is 3.08. The second-order valence-corrected chi connectivity index (χ2v) is 6.06. The number of carbonyl (C=O) groups excluding carboxylic acids is 1. The zero-order valence-corrected chi connectivity index (χ0v) is 14.1. The molecule has 3 rings (SSSR count). The molecule has 0 aliphatic rings. The fourth-order valence-corrected chi connectivity index (χ4v) is 2.70. The Kier molecular flexibility index (Phi) is 4.49. The number of nitrogens with zero attached hydrogens (tertiary/aromatic N) is 1. The molecule has 24 heavy (non-hydrogen) atoms. The summed E-state index contributed by atoms with van der Waals surface area (Å²) < 4.78 is 12.1. The number of rotatable bonds is 5. The number of aryl methyl sites for hydroxylation is 2. The lowest BCUT2D eigenvalue weighted by Gasteiger charge is -2.11. The maximum Gasteiger partial charge on any atom is 0.419 e. The van der Waals surface area contributed by atoms with Gasteiger partial charge in [-0.25, -0.2) is 4.79 Å². The number of oxazole rings is 1. The minimum Gasteiger partial charge on any atom is -0.464 e. The van der Waals surface area contributed by atoms with Crippen LogP contribution in [0.25, 0.3) is 11.1 Å². The van der Waals surface area contributed by atoms with E-state index in [9.17, 15) is 9.59 Å². The van der Waals surface area contributed by atoms with Gasteiger partial charge in [0, 0.05) is 24.1 Å². The van der Waals surface area contributed by atoms with E-state index in [1.165, 1.54) is 4.57 Å². The molecule has 126 valence electrons. The number of carbonyl (C=O) groups is 1. The topological polar surface area (TPSA) is 77.4 Å². The quantitative estimate of drug-likeness (QED) is 0.766. The highest BCUT2D eigenvalue weighted by molar-refractivity contribution is 6.31. The summed E-state index contributed by atoms with van der Waals surface area (Å²) >= 11 is 5.88. The van der Waals surface area contributed by atoms with Gasteiger partial charge in [-0.15, -0.1) is 0 Å². The molecule has 2 heterocycles. The summed E-state index contributed by atoms with van der Waals surface area (Å²) in [6.45, 7) is 3.92. The van der Waals surface area contributed by atoms with Gasteiger partial charge in [-0.2, -0.15) is 0 Å². The van der Waals surface area contributed by atoms with Crippen molar-refractivity contribution in [3.05, 3.63) is 57.4 Å². The molecule has 1 aromatic carbocycles. The van der Waals surface area contributed by atoms with Crippen LogP contribution in [0, 0.1) is 6.92 Å². The Morgan fingerprint density at radius 3 is 2.79 bits per heavy atom. The van der Waals surface area contributed by atoms with Gasteiger partial charge in [0.15, 0.2) is 5.58 Å².